The summed E-state index contributed by atoms with van der Waals surface area (Å²) in [6, 6.07) is 4.37. The van der Waals surface area contributed by atoms with E-state index in [4.69, 9.17) is 9.47 Å². The van der Waals surface area contributed by atoms with Gasteiger partial charge >= 0.3 is 0 Å². The van der Waals surface area contributed by atoms with Crippen molar-refractivity contribution in [3.8, 4) is 0 Å². The summed E-state index contributed by atoms with van der Waals surface area (Å²) in [6.07, 6.45) is 11.9. The Kier molecular flexibility index (Phi) is 6.46. The van der Waals surface area contributed by atoms with Gasteiger partial charge in [-0.05, 0) is 42.2 Å². The lowest BCUT2D eigenvalue weighted by Crippen LogP contribution is -2.37. The third kappa shape index (κ3) is 4.62. The summed E-state index contributed by atoms with van der Waals surface area (Å²) in [5, 5.41) is 9.09. The van der Waals surface area contributed by atoms with Gasteiger partial charge in [0.15, 0.2) is 0 Å². The molecule has 0 radical (unpaired) electrons. The maximum atomic E-state index is 12.4. The van der Waals surface area contributed by atoms with Gasteiger partial charge in [-0.3, -0.25) is 9.48 Å². The zero-order chi connectivity index (χ0) is 23.5. The highest BCUT2D eigenvalue weighted by Crippen LogP contribution is 2.30. The van der Waals surface area contributed by atoms with E-state index in [2.05, 4.69) is 44.7 Å². The van der Waals surface area contributed by atoms with Crippen LogP contribution in [0.3, 0.4) is 0 Å². The van der Waals surface area contributed by atoms with E-state index in [1.807, 2.05) is 35.1 Å². The maximum Gasteiger partial charge on any atom is 0.248 e. The molecular formula is C25H30N6O3. The quantitative estimate of drug-likeness (QED) is 0.500. The van der Waals surface area contributed by atoms with Gasteiger partial charge in [0, 0.05) is 56.3 Å². The van der Waals surface area contributed by atoms with Crippen LogP contribution in [0.25, 0.3) is 22.7 Å². The molecule has 3 aromatic rings. The van der Waals surface area contributed by atoms with Crippen LogP contribution in [0.1, 0.15) is 23.4 Å². The summed E-state index contributed by atoms with van der Waals surface area (Å²) in [5.74, 6) is 0.00788. The van der Waals surface area contributed by atoms with Crippen LogP contribution < -0.4 is 5.32 Å². The number of aromatic nitrogens is 4. The number of carbonyl (C=O) groups excluding carboxylic acids is 1. The fourth-order valence-corrected chi connectivity index (χ4v) is 4.53. The van der Waals surface area contributed by atoms with Crippen LogP contribution in [0, 0.1) is 0 Å². The van der Waals surface area contributed by atoms with Gasteiger partial charge < -0.3 is 24.7 Å². The molecule has 2 aliphatic rings. The van der Waals surface area contributed by atoms with E-state index >= 15 is 0 Å². The summed E-state index contributed by atoms with van der Waals surface area (Å²) in [5.41, 5.74) is 6.57. The van der Waals surface area contributed by atoms with Crippen molar-refractivity contribution in [2.45, 2.75) is 18.9 Å². The first-order chi connectivity index (χ1) is 16.6. The number of H-pyrrole nitrogens is 1. The van der Waals surface area contributed by atoms with Crippen LogP contribution in [-0.2, 0) is 27.7 Å². The first-order valence-corrected chi connectivity index (χ1v) is 11.6. The smallest absolute Gasteiger partial charge is 0.248 e. The number of amides is 1. The highest BCUT2D eigenvalue weighted by atomic mass is 16.5. The first-order valence-electron chi connectivity index (χ1n) is 11.6. The Labute approximate surface area is 198 Å². The number of rotatable bonds is 8. The second kappa shape index (κ2) is 9.82. The maximum absolute atomic E-state index is 12.4. The molecule has 178 valence electrons. The van der Waals surface area contributed by atoms with E-state index in [1.165, 1.54) is 16.8 Å². The molecule has 0 saturated heterocycles. The predicted octanol–water partition coefficient (Wildman–Crippen LogP) is 2.63. The van der Waals surface area contributed by atoms with Crippen LogP contribution in [0.15, 0.2) is 36.7 Å². The fraction of sp³-hybridized carbons (Fsp3) is 0.400. The molecular weight excluding hydrogens is 432 g/mol. The van der Waals surface area contributed by atoms with E-state index in [0.717, 1.165) is 35.3 Å². The molecule has 9 heteroatoms. The molecule has 4 heterocycles. The Morgan fingerprint density at radius 1 is 1.35 bits per heavy atom. The van der Waals surface area contributed by atoms with Crippen molar-refractivity contribution in [2.75, 3.05) is 45.3 Å². The Morgan fingerprint density at radius 3 is 3.09 bits per heavy atom. The number of carbonyl (C=O) groups is 1. The number of nitrogens with zero attached hydrogens (tertiary/aromatic N) is 4. The fourth-order valence-electron chi connectivity index (χ4n) is 4.53. The van der Waals surface area contributed by atoms with Crippen molar-refractivity contribution in [1.82, 2.24) is 24.6 Å². The number of hydrogen-bond donors (Lipinski definition) is 2. The molecule has 0 spiro atoms. The minimum atomic E-state index is 0.00788. The van der Waals surface area contributed by atoms with E-state index in [-0.39, 0.29) is 18.6 Å². The molecule has 1 amide bonds. The molecule has 1 aliphatic carbocycles. The Morgan fingerprint density at radius 2 is 2.26 bits per heavy atom. The van der Waals surface area contributed by atoms with E-state index < -0.39 is 0 Å². The number of hydrogen-bond acceptors (Lipinski definition) is 6. The molecule has 2 N–H and O–H groups in total. The van der Waals surface area contributed by atoms with Gasteiger partial charge in [0.2, 0.25) is 5.91 Å². The molecule has 0 fully saturated rings. The largest absolute Gasteiger partial charge is 0.382 e. The summed E-state index contributed by atoms with van der Waals surface area (Å²) >= 11 is 0. The van der Waals surface area contributed by atoms with Crippen molar-refractivity contribution in [3.63, 3.8) is 0 Å². The first kappa shape index (κ1) is 22.4. The molecule has 5 rings (SSSR count). The SMILES string of the molecule is COCCOCC(=O)N1CC=C(c2cc3c(NC4C=Cc5c(cnn5C)C4)ccnc3[nH]2)CC1. The lowest BCUT2D eigenvalue weighted by molar-refractivity contribution is -0.136. The van der Waals surface area contributed by atoms with Crippen LogP contribution in [0.4, 0.5) is 5.69 Å². The number of pyridine rings is 1. The van der Waals surface area contributed by atoms with Gasteiger partial charge in [-0.15, -0.1) is 0 Å². The van der Waals surface area contributed by atoms with Crippen molar-refractivity contribution >= 4 is 34.3 Å². The van der Waals surface area contributed by atoms with Crippen molar-refractivity contribution in [1.29, 1.82) is 0 Å². The molecule has 1 atom stereocenters. The molecule has 1 unspecified atom stereocenters. The van der Waals surface area contributed by atoms with Gasteiger partial charge in [-0.1, -0.05) is 12.2 Å². The molecule has 34 heavy (non-hydrogen) atoms. The van der Waals surface area contributed by atoms with E-state index in [0.29, 0.717) is 26.3 Å². The Bertz CT molecular complexity index is 1240. The average Bonchev–Trinajstić information content (AvgIpc) is 3.46. The summed E-state index contributed by atoms with van der Waals surface area (Å²) in [4.78, 5) is 22.2. The number of aromatic amines is 1. The lowest BCUT2D eigenvalue weighted by atomic mass is 9.99. The van der Waals surface area contributed by atoms with E-state index in [1.54, 1.807) is 7.11 Å². The van der Waals surface area contributed by atoms with Crippen molar-refractivity contribution in [3.05, 3.63) is 53.6 Å². The normalized spacial score (nSPS) is 17.6. The van der Waals surface area contributed by atoms with Gasteiger partial charge in [-0.25, -0.2) is 4.98 Å². The Balaban J connectivity index is 1.26. The van der Waals surface area contributed by atoms with Crippen LogP contribution in [-0.4, -0.2) is 76.6 Å². The van der Waals surface area contributed by atoms with Gasteiger partial charge in [0.1, 0.15) is 12.3 Å². The standard InChI is InChI=1S/C25H30N6O3/c1-30-23-4-3-19(13-18(23)15-27-30)28-21-5-8-26-25-20(21)14-22(29-25)17-6-9-31(10-7-17)24(32)16-34-12-11-33-2/h3-6,8,14-15,19H,7,9-13,16H2,1-2H3,(H2,26,28,29). The average molecular weight is 463 g/mol. The van der Waals surface area contributed by atoms with Gasteiger partial charge in [0.05, 0.1) is 25.1 Å². The van der Waals surface area contributed by atoms with Gasteiger partial charge in [-0.2, -0.15) is 5.10 Å². The lowest BCUT2D eigenvalue weighted by Gasteiger charge is -2.26. The number of methoxy groups -OCH3 is 1. The molecule has 0 bridgehead atoms. The number of fused-ring (bicyclic) bond motifs is 2. The highest BCUT2D eigenvalue weighted by Gasteiger charge is 2.21. The predicted molar refractivity (Wildman–Crippen MR) is 131 cm³/mol. The molecule has 3 aromatic heterocycles. The Hall–Kier alpha value is -3.43. The zero-order valence-electron chi connectivity index (χ0n) is 19.6. The van der Waals surface area contributed by atoms with Crippen molar-refractivity contribution < 1.29 is 14.3 Å². The second-order valence-electron chi connectivity index (χ2n) is 8.66. The molecule has 0 saturated carbocycles. The molecule has 9 nitrogen and oxygen atoms in total. The number of nitrogens with one attached hydrogen (secondary N) is 2. The summed E-state index contributed by atoms with van der Waals surface area (Å²) in [6.45, 7) is 2.26. The third-order valence-corrected chi connectivity index (χ3v) is 6.43. The van der Waals surface area contributed by atoms with Crippen LogP contribution in [0.5, 0.6) is 0 Å². The number of aryl methyl sites for hydroxylation is 1. The monoisotopic (exact) mass is 462 g/mol. The minimum absolute atomic E-state index is 0.00788. The summed E-state index contributed by atoms with van der Waals surface area (Å²) in [7, 11) is 3.58. The third-order valence-electron chi connectivity index (χ3n) is 6.43. The number of anilines is 1. The summed E-state index contributed by atoms with van der Waals surface area (Å²) < 4.78 is 12.2. The van der Waals surface area contributed by atoms with Crippen LogP contribution in [0.2, 0.25) is 0 Å². The molecule has 0 aromatic carbocycles. The minimum Gasteiger partial charge on any atom is -0.382 e. The van der Waals surface area contributed by atoms with Crippen LogP contribution >= 0.6 is 0 Å². The van der Waals surface area contributed by atoms with E-state index in [9.17, 15) is 4.79 Å². The molecule has 1 aliphatic heterocycles. The second-order valence-corrected chi connectivity index (χ2v) is 8.66. The number of ether oxygens (including phenoxy) is 2. The van der Waals surface area contributed by atoms with Gasteiger partial charge in [0.25, 0.3) is 0 Å². The van der Waals surface area contributed by atoms with Crippen molar-refractivity contribution in [2.24, 2.45) is 7.05 Å². The highest BCUT2D eigenvalue weighted by molar-refractivity contribution is 5.93. The topological polar surface area (TPSA) is 97.3 Å². The zero-order valence-corrected chi connectivity index (χ0v) is 19.6.